The molecule has 4 nitrogen and oxygen atoms in total. The third kappa shape index (κ3) is 7.91. The molecule has 0 bridgehead atoms. The molecule has 0 atom stereocenters. The lowest BCUT2D eigenvalue weighted by atomic mass is 9.90. The molecule has 1 saturated carbocycles. The fourth-order valence-electron chi connectivity index (χ4n) is 2.53. The van der Waals surface area contributed by atoms with Crippen molar-refractivity contribution in [3.8, 4) is 0 Å². The van der Waals surface area contributed by atoms with Crippen LogP contribution in [-0.4, -0.2) is 26.1 Å². The van der Waals surface area contributed by atoms with Crippen molar-refractivity contribution in [3.63, 3.8) is 0 Å². The molecule has 1 aliphatic carbocycles. The molecule has 0 aromatic rings. The summed E-state index contributed by atoms with van der Waals surface area (Å²) in [4.78, 5) is 11.8. The first-order chi connectivity index (χ1) is 11.2. The fourth-order valence-corrected chi connectivity index (χ4v) is 2.53. The van der Waals surface area contributed by atoms with Crippen LogP contribution in [0.15, 0.2) is 35.8 Å². The summed E-state index contributed by atoms with van der Waals surface area (Å²) in [7, 11) is 1.70. The molecule has 0 spiro atoms. The second-order valence-corrected chi connectivity index (χ2v) is 5.84. The molecule has 0 radical (unpaired) electrons. The Labute approximate surface area is 141 Å². The largest absolute Gasteiger partial charge is 0.501 e. The first kappa shape index (κ1) is 19.3. The van der Waals surface area contributed by atoms with Crippen molar-refractivity contribution in [2.45, 2.75) is 58.3 Å². The molecule has 0 aromatic heterocycles. The van der Waals surface area contributed by atoms with E-state index in [9.17, 15) is 4.79 Å². The third-order valence-corrected chi connectivity index (χ3v) is 4.08. The van der Waals surface area contributed by atoms with E-state index in [1.807, 2.05) is 6.08 Å². The van der Waals surface area contributed by atoms with Gasteiger partial charge in [-0.2, -0.15) is 0 Å². The van der Waals surface area contributed by atoms with Crippen molar-refractivity contribution in [3.05, 3.63) is 35.8 Å². The van der Waals surface area contributed by atoms with E-state index < -0.39 is 0 Å². The molecule has 0 unspecified atom stereocenters. The Morgan fingerprint density at radius 1 is 1.22 bits per heavy atom. The van der Waals surface area contributed by atoms with Crippen LogP contribution in [0.2, 0.25) is 0 Å². The first-order valence-corrected chi connectivity index (χ1v) is 8.79. The van der Waals surface area contributed by atoms with Gasteiger partial charge in [0.1, 0.15) is 0 Å². The highest BCUT2D eigenvalue weighted by Gasteiger charge is 2.15. The zero-order valence-corrected chi connectivity index (χ0v) is 14.7. The van der Waals surface area contributed by atoms with Crippen molar-refractivity contribution in [2.24, 2.45) is 0 Å². The van der Waals surface area contributed by atoms with E-state index in [1.165, 1.54) is 12.0 Å². The predicted molar refractivity (Wildman–Crippen MR) is 95.9 cm³/mol. The van der Waals surface area contributed by atoms with E-state index in [2.05, 4.69) is 30.2 Å². The summed E-state index contributed by atoms with van der Waals surface area (Å²) in [5, 5.41) is 6.32. The maximum absolute atomic E-state index is 11.8. The molecule has 1 rings (SSSR count). The zero-order chi connectivity index (χ0) is 16.9. The summed E-state index contributed by atoms with van der Waals surface area (Å²) in [5.41, 5.74) is 2.48. The molecule has 1 fully saturated rings. The Morgan fingerprint density at radius 3 is 2.43 bits per heavy atom. The summed E-state index contributed by atoms with van der Waals surface area (Å²) in [6.45, 7) is 7.53. The molecule has 0 aromatic carbocycles. The summed E-state index contributed by atoms with van der Waals surface area (Å²) in [5.74, 6) is 1.14. The molecule has 0 heterocycles. The summed E-state index contributed by atoms with van der Waals surface area (Å²) < 4.78 is 5.39. The van der Waals surface area contributed by atoms with Crippen LogP contribution in [0.5, 0.6) is 0 Å². The fraction of sp³-hybridized carbons (Fsp3) is 0.632. The number of allylic oxidation sites excluding steroid dienone is 4. The van der Waals surface area contributed by atoms with Crippen LogP contribution in [-0.2, 0) is 9.53 Å². The number of rotatable bonds is 12. The van der Waals surface area contributed by atoms with E-state index in [4.69, 9.17) is 4.74 Å². The molecule has 130 valence electrons. The van der Waals surface area contributed by atoms with Crippen molar-refractivity contribution in [1.82, 2.24) is 10.6 Å². The molecule has 2 N–H and O–H groups in total. The molecule has 1 aliphatic rings. The molecular weight excluding hydrogens is 288 g/mol. The van der Waals surface area contributed by atoms with Crippen molar-refractivity contribution < 1.29 is 9.53 Å². The molecule has 0 saturated heterocycles. The van der Waals surface area contributed by atoms with Gasteiger partial charge in [0, 0.05) is 31.6 Å². The highest BCUT2D eigenvalue weighted by Crippen LogP contribution is 2.30. The summed E-state index contributed by atoms with van der Waals surface area (Å²) >= 11 is 0. The van der Waals surface area contributed by atoms with E-state index in [1.54, 1.807) is 7.11 Å². The lowest BCUT2D eigenvalue weighted by Gasteiger charge is -2.20. The average molecular weight is 320 g/mol. The van der Waals surface area contributed by atoms with Crippen molar-refractivity contribution >= 4 is 5.91 Å². The van der Waals surface area contributed by atoms with Gasteiger partial charge < -0.3 is 15.4 Å². The van der Waals surface area contributed by atoms with Gasteiger partial charge in [0.2, 0.25) is 5.91 Å². The zero-order valence-electron chi connectivity index (χ0n) is 14.7. The quantitative estimate of drug-likeness (QED) is 0.326. The van der Waals surface area contributed by atoms with Crippen LogP contribution in [0.3, 0.4) is 0 Å². The van der Waals surface area contributed by atoms with Gasteiger partial charge in [-0.05, 0) is 50.2 Å². The number of hydrogen-bond donors (Lipinski definition) is 2. The monoisotopic (exact) mass is 320 g/mol. The third-order valence-electron chi connectivity index (χ3n) is 4.08. The molecular formula is C19H32N2O2. The van der Waals surface area contributed by atoms with Gasteiger partial charge in [0.05, 0.1) is 12.9 Å². The topological polar surface area (TPSA) is 50.4 Å². The Kier molecular flexibility index (Phi) is 9.92. The minimum Gasteiger partial charge on any atom is -0.501 e. The molecule has 23 heavy (non-hydrogen) atoms. The highest BCUT2D eigenvalue weighted by atomic mass is 16.5. The van der Waals surface area contributed by atoms with Gasteiger partial charge in [-0.15, -0.1) is 0 Å². The van der Waals surface area contributed by atoms with Crippen LogP contribution in [0.4, 0.5) is 0 Å². The number of ether oxygens (including phenoxy) is 1. The number of amides is 1. The number of nitrogens with one attached hydrogen (secondary N) is 2. The predicted octanol–water partition coefficient (Wildman–Crippen LogP) is 3.82. The molecule has 1 amide bonds. The maximum atomic E-state index is 11.8. The van der Waals surface area contributed by atoms with Crippen LogP contribution >= 0.6 is 0 Å². The van der Waals surface area contributed by atoms with Crippen LogP contribution in [0.1, 0.15) is 58.3 Å². The van der Waals surface area contributed by atoms with Gasteiger partial charge in [-0.1, -0.05) is 19.6 Å². The minimum atomic E-state index is 0.116. The Morgan fingerprint density at radius 2 is 1.91 bits per heavy atom. The van der Waals surface area contributed by atoms with Crippen LogP contribution in [0, 0.1) is 0 Å². The summed E-state index contributed by atoms with van der Waals surface area (Å²) in [6.07, 6.45) is 11.8. The number of hydrogen-bond acceptors (Lipinski definition) is 3. The second-order valence-electron chi connectivity index (χ2n) is 5.84. The van der Waals surface area contributed by atoms with Gasteiger partial charge >= 0.3 is 0 Å². The van der Waals surface area contributed by atoms with E-state index in [0.717, 1.165) is 63.1 Å². The van der Waals surface area contributed by atoms with Gasteiger partial charge in [0.15, 0.2) is 0 Å². The van der Waals surface area contributed by atoms with E-state index in [-0.39, 0.29) is 5.91 Å². The number of methoxy groups -OCH3 is 1. The minimum absolute atomic E-state index is 0.116. The van der Waals surface area contributed by atoms with Crippen molar-refractivity contribution in [2.75, 3.05) is 20.2 Å². The summed E-state index contributed by atoms with van der Waals surface area (Å²) in [6, 6.07) is 0. The highest BCUT2D eigenvalue weighted by molar-refractivity contribution is 5.76. The standard InChI is InChI=1S/C19H32N2O2/c1-4-9-17(5-2)20-14-6-7-15-21-19(22)13-12-18(23-3)16-10-8-11-16/h5,9,20H,2,4,6-8,10-15H2,1,3H3,(H,21,22)/b17-9-. The number of carbonyl (C=O) groups is 1. The molecule has 4 heteroatoms. The number of unbranched alkanes of at least 4 members (excludes halogenated alkanes) is 1. The Bertz CT molecular complexity index is 433. The van der Waals surface area contributed by atoms with Crippen LogP contribution in [0.25, 0.3) is 0 Å². The SMILES string of the molecule is C=C/C(=C/CC)NCCCCNC(=O)CCC(OC)=C1CCC1. The van der Waals surface area contributed by atoms with Gasteiger partial charge in [0.25, 0.3) is 0 Å². The van der Waals surface area contributed by atoms with Gasteiger partial charge in [-0.3, -0.25) is 4.79 Å². The Hall–Kier alpha value is -1.71. The Balaban J connectivity index is 2.06. The van der Waals surface area contributed by atoms with Gasteiger partial charge in [-0.25, -0.2) is 0 Å². The average Bonchev–Trinajstić information content (AvgIpc) is 2.51. The normalized spacial score (nSPS) is 14.0. The number of carbonyl (C=O) groups excluding carboxylic acids is 1. The van der Waals surface area contributed by atoms with E-state index in [0.29, 0.717) is 6.42 Å². The smallest absolute Gasteiger partial charge is 0.220 e. The maximum Gasteiger partial charge on any atom is 0.220 e. The first-order valence-electron chi connectivity index (χ1n) is 8.79. The molecule has 0 aliphatic heterocycles. The lowest BCUT2D eigenvalue weighted by Crippen LogP contribution is -2.25. The van der Waals surface area contributed by atoms with Crippen LogP contribution < -0.4 is 10.6 Å². The second kappa shape index (κ2) is 11.8. The van der Waals surface area contributed by atoms with E-state index >= 15 is 0 Å². The lowest BCUT2D eigenvalue weighted by molar-refractivity contribution is -0.121. The van der Waals surface area contributed by atoms with Crippen molar-refractivity contribution in [1.29, 1.82) is 0 Å².